The first-order chi connectivity index (χ1) is 19.3. The number of nitrogens with one attached hydrogen (secondary N) is 4. The molecule has 0 saturated heterocycles. The second-order valence-corrected chi connectivity index (χ2v) is 11.8. The highest BCUT2D eigenvalue weighted by Gasteiger charge is 2.61. The van der Waals surface area contributed by atoms with Crippen LogP contribution in [0.15, 0.2) is 49.1 Å². The minimum atomic E-state index is -0.118. The Balaban J connectivity index is 1.63. The van der Waals surface area contributed by atoms with Crippen LogP contribution in [0.3, 0.4) is 0 Å². The molecule has 1 spiro atoms. The van der Waals surface area contributed by atoms with Gasteiger partial charge in [-0.2, -0.15) is 5.10 Å². The summed E-state index contributed by atoms with van der Waals surface area (Å²) in [5, 5.41) is 20.3. The Hall–Kier alpha value is -3.91. The molecule has 208 valence electrons. The van der Waals surface area contributed by atoms with Crippen molar-refractivity contribution in [3.05, 3.63) is 60.2 Å². The topological polar surface area (TPSA) is 97.7 Å². The lowest BCUT2D eigenvalue weighted by atomic mass is 9.47. The number of H-pyrrole nitrogens is 1. The van der Waals surface area contributed by atoms with Gasteiger partial charge in [-0.25, -0.2) is 4.98 Å². The molecule has 6 rings (SSSR count). The smallest absolute Gasteiger partial charge is 0.138 e. The first-order valence-electron chi connectivity index (χ1n) is 14.3. The maximum Gasteiger partial charge on any atom is 0.138 e. The van der Waals surface area contributed by atoms with E-state index in [1.807, 2.05) is 37.4 Å². The summed E-state index contributed by atoms with van der Waals surface area (Å²) in [5.74, 6) is 0. The number of likely N-dealkylation sites (N-methyl/N-ethyl adjacent to an activating group) is 1. The highest BCUT2D eigenvalue weighted by Crippen LogP contribution is 2.68. The van der Waals surface area contributed by atoms with E-state index in [-0.39, 0.29) is 5.41 Å². The van der Waals surface area contributed by atoms with Gasteiger partial charge in [0.15, 0.2) is 0 Å². The van der Waals surface area contributed by atoms with E-state index < -0.39 is 0 Å². The summed E-state index contributed by atoms with van der Waals surface area (Å²) in [6.07, 6.45) is 13.2. The summed E-state index contributed by atoms with van der Waals surface area (Å²) in [7, 11) is 8.02. The summed E-state index contributed by atoms with van der Waals surface area (Å²) in [6.45, 7) is 8.01. The number of nitrogens with zero attached hydrogens (tertiary/aromatic N) is 4. The number of benzene rings is 1. The van der Waals surface area contributed by atoms with Crippen LogP contribution in [0, 0.1) is 10.8 Å². The van der Waals surface area contributed by atoms with E-state index in [0.29, 0.717) is 5.41 Å². The molecule has 1 aliphatic heterocycles. The molecule has 0 unspecified atom stereocenters. The van der Waals surface area contributed by atoms with Crippen molar-refractivity contribution in [1.82, 2.24) is 25.1 Å². The molecule has 0 amide bonds. The average molecular weight is 537 g/mol. The lowest BCUT2D eigenvalue weighted by molar-refractivity contribution is 0.0298. The lowest BCUT2D eigenvalue weighted by Crippen LogP contribution is -2.51. The molecule has 1 saturated carbocycles. The molecule has 3 aromatic heterocycles. The zero-order chi connectivity index (χ0) is 28.2. The quantitative estimate of drug-likeness (QED) is 0.195. The standard InChI is InChI=1S/C32H40N8/c1-7-10-31(11-12-34-3)18-32(19-31)20(2)40(6)25-16-36-30-27(28(25)32)26(29(38-30)23-15-37-39(5)17-23)21-8-9-24(35-4)22(13-21)14-33/h8-9,13-17,33-35H,2,7,10-12,18-19H2,1,3-6H3,(H,36,38). The van der Waals surface area contributed by atoms with Crippen LogP contribution in [0.25, 0.3) is 33.4 Å². The Morgan fingerprint density at radius 3 is 2.60 bits per heavy atom. The fourth-order valence-electron chi connectivity index (χ4n) is 7.62. The van der Waals surface area contributed by atoms with Crippen molar-refractivity contribution in [3.8, 4) is 22.4 Å². The normalized spacial score (nSPS) is 21.7. The second-order valence-electron chi connectivity index (χ2n) is 11.8. The minimum absolute atomic E-state index is 0.118. The number of hydrogen-bond donors (Lipinski definition) is 4. The van der Waals surface area contributed by atoms with E-state index in [4.69, 9.17) is 10.4 Å². The predicted octanol–water partition coefficient (Wildman–Crippen LogP) is 6.06. The molecule has 0 atom stereocenters. The Bertz CT molecular complexity index is 1620. The molecule has 8 heteroatoms. The molecule has 4 heterocycles. The summed E-state index contributed by atoms with van der Waals surface area (Å²) in [6, 6.07) is 6.32. The number of anilines is 2. The van der Waals surface area contributed by atoms with Gasteiger partial charge in [-0.15, -0.1) is 0 Å². The maximum atomic E-state index is 8.09. The molecule has 4 N–H and O–H groups in total. The van der Waals surface area contributed by atoms with Crippen LogP contribution in [0.5, 0.6) is 0 Å². The van der Waals surface area contributed by atoms with Crippen molar-refractivity contribution in [1.29, 1.82) is 5.41 Å². The van der Waals surface area contributed by atoms with Gasteiger partial charge in [0.1, 0.15) is 5.65 Å². The number of rotatable bonds is 9. The van der Waals surface area contributed by atoms with Gasteiger partial charge in [0.05, 0.1) is 23.8 Å². The Kier molecular flexibility index (Phi) is 6.33. The van der Waals surface area contributed by atoms with Gasteiger partial charge in [0, 0.05) is 78.0 Å². The zero-order valence-electron chi connectivity index (χ0n) is 24.3. The van der Waals surface area contributed by atoms with E-state index in [2.05, 4.69) is 71.4 Å². The maximum absolute atomic E-state index is 8.09. The van der Waals surface area contributed by atoms with Crippen LogP contribution >= 0.6 is 0 Å². The lowest BCUT2D eigenvalue weighted by Gasteiger charge is -2.56. The van der Waals surface area contributed by atoms with E-state index in [0.717, 1.165) is 69.7 Å². The zero-order valence-corrected chi connectivity index (χ0v) is 24.3. The predicted molar refractivity (Wildman–Crippen MR) is 166 cm³/mol. The molecule has 8 nitrogen and oxygen atoms in total. The van der Waals surface area contributed by atoms with Crippen LogP contribution in [0.1, 0.15) is 50.2 Å². The Morgan fingerprint density at radius 1 is 1.15 bits per heavy atom. The first-order valence-corrected chi connectivity index (χ1v) is 14.3. The molecule has 4 aromatic rings. The fraction of sp³-hybridized carbons (Fsp3) is 0.406. The van der Waals surface area contributed by atoms with Crippen LogP contribution in [0.2, 0.25) is 0 Å². The van der Waals surface area contributed by atoms with Crippen molar-refractivity contribution in [2.24, 2.45) is 12.5 Å². The fourth-order valence-corrected chi connectivity index (χ4v) is 7.62. The monoisotopic (exact) mass is 536 g/mol. The number of fused-ring (bicyclic) bond motifs is 4. The molecule has 0 bridgehead atoms. The van der Waals surface area contributed by atoms with Gasteiger partial charge in [-0.05, 0) is 62.4 Å². The van der Waals surface area contributed by atoms with E-state index >= 15 is 0 Å². The summed E-state index contributed by atoms with van der Waals surface area (Å²) in [4.78, 5) is 10.9. The van der Waals surface area contributed by atoms with Crippen LogP contribution in [-0.2, 0) is 12.5 Å². The van der Waals surface area contributed by atoms with Crippen molar-refractivity contribution >= 4 is 28.6 Å². The van der Waals surface area contributed by atoms with Crippen molar-refractivity contribution in [3.63, 3.8) is 0 Å². The molecule has 1 aromatic carbocycles. The van der Waals surface area contributed by atoms with Crippen LogP contribution in [0.4, 0.5) is 11.4 Å². The summed E-state index contributed by atoms with van der Waals surface area (Å²) >= 11 is 0. The van der Waals surface area contributed by atoms with E-state index in [1.165, 1.54) is 36.7 Å². The molecule has 2 aliphatic rings. The van der Waals surface area contributed by atoms with E-state index in [9.17, 15) is 0 Å². The number of pyridine rings is 1. The van der Waals surface area contributed by atoms with Crippen LogP contribution in [-0.4, -0.2) is 53.7 Å². The molecule has 40 heavy (non-hydrogen) atoms. The number of allylic oxidation sites excluding steroid dienone is 1. The third-order valence-electron chi connectivity index (χ3n) is 9.40. The van der Waals surface area contributed by atoms with Crippen molar-refractivity contribution < 1.29 is 0 Å². The van der Waals surface area contributed by atoms with Crippen LogP contribution < -0.4 is 15.5 Å². The largest absolute Gasteiger partial charge is 0.388 e. The number of hydrogen-bond acceptors (Lipinski definition) is 6. The third kappa shape index (κ3) is 3.73. The number of aromatic amines is 1. The molecule has 1 fully saturated rings. The molecular weight excluding hydrogens is 496 g/mol. The first kappa shape index (κ1) is 26.3. The molecular formula is C32H40N8. The number of aromatic nitrogens is 4. The summed E-state index contributed by atoms with van der Waals surface area (Å²) in [5.41, 5.74) is 10.7. The third-order valence-corrected chi connectivity index (χ3v) is 9.40. The van der Waals surface area contributed by atoms with Crippen molar-refractivity contribution in [2.75, 3.05) is 37.9 Å². The van der Waals surface area contributed by atoms with Gasteiger partial charge in [0.2, 0.25) is 0 Å². The summed E-state index contributed by atoms with van der Waals surface area (Å²) < 4.78 is 1.83. The van der Waals surface area contributed by atoms with Gasteiger partial charge < -0.3 is 25.9 Å². The second kappa shape index (κ2) is 9.63. The Morgan fingerprint density at radius 2 is 1.95 bits per heavy atom. The SMILES string of the molecule is C=C1N(C)c2cnc3[nH]c(-c4cnn(C)c4)c(-c4ccc(NC)c(C=N)c4)c3c2C12CC(CCC)(CCNC)C2. The van der Waals surface area contributed by atoms with Crippen molar-refractivity contribution in [2.45, 2.75) is 44.4 Å². The number of aryl methyl sites for hydroxylation is 1. The average Bonchev–Trinajstić information content (AvgIpc) is 3.61. The molecule has 1 aliphatic carbocycles. The minimum Gasteiger partial charge on any atom is -0.388 e. The van der Waals surface area contributed by atoms with Gasteiger partial charge >= 0.3 is 0 Å². The highest BCUT2D eigenvalue weighted by molar-refractivity contribution is 6.08. The van der Waals surface area contributed by atoms with Gasteiger partial charge in [-0.3, -0.25) is 4.68 Å². The van der Waals surface area contributed by atoms with Gasteiger partial charge in [0.25, 0.3) is 0 Å². The van der Waals surface area contributed by atoms with Gasteiger partial charge in [-0.1, -0.05) is 26.0 Å². The Labute approximate surface area is 236 Å². The van der Waals surface area contributed by atoms with E-state index in [1.54, 1.807) is 0 Å². The highest BCUT2D eigenvalue weighted by atomic mass is 15.2. The molecule has 0 radical (unpaired) electrons.